The third kappa shape index (κ3) is 2.45. The van der Waals surface area contributed by atoms with E-state index in [1.807, 2.05) is 0 Å². The minimum atomic E-state index is -0.303. The molecule has 0 heterocycles. The van der Waals surface area contributed by atoms with Gasteiger partial charge in [-0.15, -0.1) is 0 Å². The summed E-state index contributed by atoms with van der Waals surface area (Å²) >= 11 is 0. The molecule has 1 N–H and O–H groups in total. The van der Waals surface area contributed by atoms with Gasteiger partial charge >= 0.3 is 0 Å². The molecule has 0 spiro atoms. The van der Waals surface area contributed by atoms with Crippen molar-refractivity contribution in [2.45, 2.75) is 37.8 Å². The van der Waals surface area contributed by atoms with E-state index in [0.29, 0.717) is 5.92 Å². The first-order valence-electron chi connectivity index (χ1n) is 7.09. The van der Waals surface area contributed by atoms with E-state index in [9.17, 15) is 5.11 Å². The SMILES string of the molecule is CN(Cc1ccccc1)CC1CC2(O)CCC1C2. The van der Waals surface area contributed by atoms with Gasteiger partial charge in [0.05, 0.1) is 5.60 Å². The van der Waals surface area contributed by atoms with Crippen molar-refractivity contribution < 1.29 is 5.11 Å². The lowest BCUT2D eigenvalue weighted by Crippen LogP contribution is -2.31. The maximum Gasteiger partial charge on any atom is 0.0653 e. The van der Waals surface area contributed by atoms with Crippen molar-refractivity contribution in [1.82, 2.24) is 4.90 Å². The van der Waals surface area contributed by atoms with Crippen LogP contribution in [-0.4, -0.2) is 29.2 Å². The Hall–Kier alpha value is -0.860. The van der Waals surface area contributed by atoms with Crippen LogP contribution >= 0.6 is 0 Å². The van der Waals surface area contributed by atoms with Crippen LogP contribution in [0.15, 0.2) is 30.3 Å². The molecule has 1 aromatic carbocycles. The molecule has 0 amide bonds. The zero-order chi connectivity index (χ0) is 12.6. The van der Waals surface area contributed by atoms with E-state index in [2.05, 4.69) is 42.3 Å². The zero-order valence-corrected chi connectivity index (χ0v) is 11.2. The Kier molecular flexibility index (Phi) is 3.16. The molecular weight excluding hydrogens is 222 g/mol. The first kappa shape index (κ1) is 12.2. The second-order valence-corrected chi connectivity index (χ2v) is 6.37. The summed E-state index contributed by atoms with van der Waals surface area (Å²) in [6.07, 6.45) is 4.35. The van der Waals surface area contributed by atoms with Crippen LogP contribution in [0.3, 0.4) is 0 Å². The molecular formula is C16H23NO. The van der Waals surface area contributed by atoms with Gasteiger partial charge in [-0.05, 0) is 50.1 Å². The summed E-state index contributed by atoms with van der Waals surface area (Å²) in [7, 11) is 2.20. The van der Waals surface area contributed by atoms with Crippen LogP contribution in [0.2, 0.25) is 0 Å². The third-order valence-electron chi connectivity index (χ3n) is 4.77. The van der Waals surface area contributed by atoms with Crippen LogP contribution in [-0.2, 0) is 6.54 Å². The van der Waals surface area contributed by atoms with E-state index in [0.717, 1.165) is 38.3 Å². The van der Waals surface area contributed by atoms with Gasteiger partial charge in [0.1, 0.15) is 0 Å². The minimum absolute atomic E-state index is 0.303. The van der Waals surface area contributed by atoms with Crippen LogP contribution in [0.5, 0.6) is 0 Å². The summed E-state index contributed by atoms with van der Waals surface area (Å²) in [5, 5.41) is 10.3. The Bertz CT molecular complexity index is 405. The number of hydrogen-bond donors (Lipinski definition) is 1. The summed E-state index contributed by atoms with van der Waals surface area (Å²) in [5.74, 6) is 1.48. The quantitative estimate of drug-likeness (QED) is 0.881. The predicted octanol–water partition coefficient (Wildman–Crippen LogP) is 2.67. The van der Waals surface area contributed by atoms with E-state index in [4.69, 9.17) is 0 Å². The maximum atomic E-state index is 10.3. The lowest BCUT2D eigenvalue weighted by molar-refractivity contribution is 0.0383. The molecule has 1 aromatic rings. The molecule has 2 aliphatic carbocycles. The van der Waals surface area contributed by atoms with Gasteiger partial charge in [-0.3, -0.25) is 0 Å². The average molecular weight is 245 g/mol. The van der Waals surface area contributed by atoms with Crippen molar-refractivity contribution in [2.75, 3.05) is 13.6 Å². The second-order valence-electron chi connectivity index (χ2n) is 6.37. The van der Waals surface area contributed by atoms with Gasteiger partial charge < -0.3 is 10.0 Å². The molecule has 2 saturated carbocycles. The van der Waals surface area contributed by atoms with Crippen molar-refractivity contribution in [1.29, 1.82) is 0 Å². The normalized spacial score (nSPS) is 34.4. The van der Waals surface area contributed by atoms with E-state index in [-0.39, 0.29) is 5.60 Å². The molecule has 0 aromatic heterocycles. The Labute approximate surface area is 110 Å². The number of fused-ring (bicyclic) bond motifs is 2. The fraction of sp³-hybridized carbons (Fsp3) is 0.625. The van der Waals surface area contributed by atoms with Gasteiger partial charge in [0.2, 0.25) is 0 Å². The molecule has 0 aliphatic heterocycles. The van der Waals surface area contributed by atoms with Gasteiger partial charge in [-0.2, -0.15) is 0 Å². The molecule has 2 heteroatoms. The highest BCUT2D eigenvalue weighted by Crippen LogP contribution is 2.51. The molecule has 2 fully saturated rings. The fourth-order valence-electron chi connectivity index (χ4n) is 3.96. The molecule has 3 atom stereocenters. The summed E-state index contributed by atoms with van der Waals surface area (Å²) in [6.45, 7) is 2.14. The van der Waals surface area contributed by atoms with Crippen molar-refractivity contribution in [3.8, 4) is 0 Å². The Morgan fingerprint density at radius 1 is 1.28 bits per heavy atom. The molecule has 18 heavy (non-hydrogen) atoms. The molecule has 0 saturated heterocycles. The lowest BCUT2D eigenvalue weighted by Gasteiger charge is -2.29. The fourth-order valence-corrected chi connectivity index (χ4v) is 3.96. The van der Waals surface area contributed by atoms with E-state index < -0.39 is 0 Å². The number of benzene rings is 1. The van der Waals surface area contributed by atoms with Crippen LogP contribution in [0.25, 0.3) is 0 Å². The third-order valence-corrected chi connectivity index (χ3v) is 4.77. The number of nitrogens with zero attached hydrogens (tertiary/aromatic N) is 1. The van der Waals surface area contributed by atoms with Crippen molar-refractivity contribution >= 4 is 0 Å². The van der Waals surface area contributed by atoms with E-state index >= 15 is 0 Å². The van der Waals surface area contributed by atoms with Crippen molar-refractivity contribution in [3.63, 3.8) is 0 Å². The highest BCUT2D eigenvalue weighted by molar-refractivity contribution is 5.14. The van der Waals surface area contributed by atoms with Crippen LogP contribution in [0, 0.1) is 11.8 Å². The Balaban J connectivity index is 1.55. The summed E-state index contributed by atoms with van der Waals surface area (Å²) in [4.78, 5) is 2.41. The minimum Gasteiger partial charge on any atom is -0.390 e. The van der Waals surface area contributed by atoms with Crippen LogP contribution in [0.1, 0.15) is 31.2 Å². The van der Waals surface area contributed by atoms with E-state index in [1.54, 1.807) is 0 Å². The lowest BCUT2D eigenvalue weighted by atomic mass is 9.87. The largest absolute Gasteiger partial charge is 0.390 e. The number of hydrogen-bond acceptors (Lipinski definition) is 2. The molecule has 3 rings (SSSR count). The first-order chi connectivity index (χ1) is 8.65. The van der Waals surface area contributed by atoms with Gasteiger partial charge in [-0.25, -0.2) is 0 Å². The topological polar surface area (TPSA) is 23.5 Å². The van der Waals surface area contributed by atoms with Gasteiger partial charge in [-0.1, -0.05) is 30.3 Å². The van der Waals surface area contributed by atoms with Crippen LogP contribution in [0.4, 0.5) is 0 Å². The van der Waals surface area contributed by atoms with E-state index in [1.165, 1.54) is 12.0 Å². The maximum absolute atomic E-state index is 10.3. The molecule has 3 unspecified atom stereocenters. The Morgan fingerprint density at radius 2 is 2.06 bits per heavy atom. The van der Waals surface area contributed by atoms with Gasteiger partial charge in [0.15, 0.2) is 0 Å². The molecule has 2 aliphatic rings. The number of aliphatic hydroxyl groups is 1. The van der Waals surface area contributed by atoms with Crippen molar-refractivity contribution in [2.24, 2.45) is 11.8 Å². The average Bonchev–Trinajstić information content (AvgIpc) is 2.85. The molecule has 0 radical (unpaired) electrons. The molecule has 2 nitrogen and oxygen atoms in total. The first-order valence-corrected chi connectivity index (χ1v) is 7.09. The van der Waals surface area contributed by atoms with Gasteiger partial charge in [0, 0.05) is 13.1 Å². The second kappa shape index (κ2) is 4.67. The highest BCUT2D eigenvalue weighted by atomic mass is 16.3. The molecule has 98 valence electrons. The number of rotatable bonds is 4. The van der Waals surface area contributed by atoms with Gasteiger partial charge in [0.25, 0.3) is 0 Å². The standard InChI is InChI=1S/C16H23NO/c1-17(11-13-5-3-2-4-6-13)12-15-10-16(18)8-7-14(15)9-16/h2-6,14-15,18H,7-12H2,1H3. The van der Waals surface area contributed by atoms with Crippen molar-refractivity contribution in [3.05, 3.63) is 35.9 Å². The predicted molar refractivity (Wildman–Crippen MR) is 73.2 cm³/mol. The van der Waals surface area contributed by atoms with Crippen LogP contribution < -0.4 is 0 Å². The highest BCUT2D eigenvalue weighted by Gasteiger charge is 2.49. The summed E-state index contributed by atoms with van der Waals surface area (Å²) in [6, 6.07) is 10.6. The molecule has 2 bridgehead atoms. The smallest absolute Gasteiger partial charge is 0.0653 e. The zero-order valence-electron chi connectivity index (χ0n) is 11.2. The Morgan fingerprint density at radius 3 is 2.67 bits per heavy atom. The monoisotopic (exact) mass is 245 g/mol. The summed E-state index contributed by atoms with van der Waals surface area (Å²) < 4.78 is 0. The summed E-state index contributed by atoms with van der Waals surface area (Å²) in [5.41, 5.74) is 1.07.